The van der Waals surface area contributed by atoms with Crippen molar-refractivity contribution in [2.24, 2.45) is 0 Å². The number of thiophene rings is 5. The molecule has 0 radical (unpaired) electrons. The second-order valence-corrected chi connectivity index (χ2v) is 19.1. The van der Waals surface area contributed by atoms with Crippen LogP contribution in [0.1, 0.15) is 0 Å². The van der Waals surface area contributed by atoms with Crippen LogP contribution < -0.4 is 0 Å². The van der Waals surface area contributed by atoms with E-state index in [0.29, 0.717) is 0 Å². The second kappa shape index (κ2) is 9.45. The number of thioether (sulfide) groups is 6. The first-order valence-electron chi connectivity index (χ1n) is 9.72. The monoisotopic (exact) mass is 634 g/mol. The zero-order valence-corrected chi connectivity index (χ0v) is 27.5. The van der Waals surface area contributed by atoms with Crippen LogP contribution in [0.5, 0.6) is 0 Å². The van der Waals surface area contributed by atoms with Crippen molar-refractivity contribution in [3.8, 4) is 0 Å². The van der Waals surface area contributed by atoms with Crippen molar-refractivity contribution in [2.45, 2.75) is 25.3 Å². The van der Waals surface area contributed by atoms with E-state index in [1.807, 2.05) is 127 Å². The SMILES string of the molecule is CSc1sc(SC)c2c1c1c(SC)sc(SC)c1c1c(SC)sc3sc4sc(SC)c2c4c31. The van der Waals surface area contributed by atoms with E-state index in [0.717, 1.165) is 0 Å². The van der Waals surface area contributed by atoms with Gasteiger partial charge in [-0.25, -0.2) is 0 Å². The lowest BCUT2D eigenvalue weighted by Crippen LogP contribution is -1.78. The highest BCUT2D eigenvalue weighted by Gasteiger charge is 2.28. The molecule has 5 aromatic heterocycles. The summed E-state index contributed by atoms with van der Waals surface area (Å²) in [4.78, 5) is 0. The summed E-state index contributed by atoms with van der Waals surface area (Å²) in [6, 6.07) is 0. The summed E-state index contributed by atoms with van der Waals surface area (Å²) >= 11 is 21.5. The first kappa shape index (κ1) is 24.5. The standard InChI is InChI=1S/C22H18S11/c1-23-15-7-8-10(18(26-4)30-16(8)24-2)12-14-13-11(9(7)17(25-3)29-15)19(27-5)31-21(13)33-22(14)32-20(12)28-6/h1-6H3. The van der Waals surface area contributed by atoms with Gasteiger partial charge in [0.15, 0.2) is 0 Å². The third-order valence-corrected chi connectivity index (χ3v) is 18.5. The van der Waals surface area contributed by atoms with E-state index in [1.54, 1.807) is 0 Å². The maximum absolute atomic E-state index is 2.25. The van der Waals surface area contributed by atoms with E-state index in [1.165, 1.54) is 76.4 Å². The third kappa shape index (κ3) is 3.40. The Labute approximate surface area is 238 Å². The van der Waals surface area contributed by atoms with E-state index in [-0.39, 0.29) is 0 Å². The fourth-order valence-corrected chi connectivity index (χ4v) is 16.4. The van der Waals surface area contributed by atoms with Crippen LogP contribution in [0.25, 0.3) is 51.1 Å². The van der Waals surface area contributed by atoms with Gasteiger partial charge in [-0.05, 0) is 37.5 Å². The third-order valence-electron chi connectivity index (χ3n) is 5.67. The minimum atomic E-state index is 1.46. The van der Waals surface area contributed by atoms with Gasteiger partial charge in [-0.15, -0.1) is 127 Å². The van der Waals surface area contributed by atoms with Gasteiger partial charge in [0, 0.05) is 43.1 Å². The number of fused-ring (bicyclic) bond motifs is 5. The Morgan fingerprint density at radius 3 is 0.818 bits per heavy atom. The molecule has 0 fully saturated rings. The van der Waals surface area contributed by atoms with Crippen LogP contribution in [0.4, 0.5) is 0 Å². The molecule has 0 saturated heterocycles. The molecular weight excluding hydrogens is 617 g/mol. The summed E-state index contributed by atoms with van der Waals surface area (Å²) in [7, 11) is 0. The summed E-state index contributed by atoms with van der Waals surface area (Å²) in [5.41, 5.74) is 0. The van der Waals surface area contributed by atoms with Crippen molar-refractivity contribution in [2.75, 3.05) is 37.5 Å². The summed E-state index contributed by atoms with van der Waals surface area (Å²) < 4.78 is 11.8. The van der Waals surface area contributed by atoms with E-state index in [9.17, 15) is 0 Å². The van der Waals surface area contributed by atoms with Crippen LogP contribution in [0.3, 0.4) is 0 Å². The topological polar surface area (TPSA) is 0 Å². The molecule has 0 atom stereocenters. The zero-order valence-electron chi connectivity index (χ0n) is 18.5. The summed E-state index contributed by atoms with van der Waals surface area (Å²) in [6.07, 6.45) is 13.5. The van der Waals surface area contributed by atoms with Gasteiger partial charge >= 0.3 is 0 Å². The van der Waals surface area contributed by atoms with Gasteiger partial charge in [-0.1, -0.05) is 0 Å². The molecule has 0 aliphatic heterocycles. The molecule has 0 saturated carbocycles. The van der Waals surface area contributed by atoms with Crippen molar-refractivity contribution in [3.05, 3.63) is 0 Å². The zero-order chi connectivity index (χ0) is 23.0. The maximum Gasteiger partial charge on any atom is 0.0905 e. The molecule has 0 amide bonds. The second-order valence-electron chi connectivity index (χ2n) is 7.03. The van der Waals surface area contributed by atoms with Crippen LogP contribution in [-0.4, -0.2) is 37.5 Å². The summed E-state index contributed by atoms with van der Waals surface area (Å²) in [5, 5.41) is 12.0. The van der Waals surface area contributed by atoms with E-state index < -0.39 is 0 Å². The lowest BCUT2D eigenvalue weighted by molar-refractivity contribution is 1.78. The van der Waals surface area contributed by atoms with Gasteiger partial charge in [0.05, 0.1) is 33.3 Å². The molecule has 0 aliphatic rings. The Kier molecular flexibility index (Phi) is 7.01. The summed E-state index contributed by atoms with van der Waals surface area (Å²) in [6.45, 7) is 0. The predicted octanol–water partition coefficient (Wildman–Crippen LogP) is 12.1. The number of hydrogen-bond acceptors (Lipinski definition) is 11. The molecule has 0 N–H and O–H groups in total. The Bertz CT molecular complexity index is 1560. The fourth-order valence-electron chi connectivity index (χ4n) is 4.47. The Hall–Kier alpha value is 1.12. The maximum atomic E-state index is 2.25. The molecule has 0 aliphatic carbocycles. The highest BCUT2D eigenvalue weighted by atomic mass is 32.2. The van der Waals surface area contributed by atoms with Gasteiger partial charge in [0.1, 0.15) is 0 Å². The highest BCUT2D eigenvalue weighted by Crippen LogP contribution is 2.60. The van der Waals surface area contributed by atoms with Gasteiger partial charge in [0.25, 0.3) is 0 Å². The van der Waals surface area contributed by atoms with Crippen molar-refractivity contribution in [3.63, 3.8) is 0 Å². The first-order valence-corrected chi connectivity index (χ1v) is 21.1. The molecule has 1 aromatic carbocycles. The van der Waals surface area contributed by atoms with Crippen LogP contribution in [0.2, 0.25) is 0 Å². The van der Waals surface area contributed by atoms with Gasteiger partial charge in [-0.2, -0.15) is 0 Å². The minimum absolute atomic E-state index is 1.46. The van der Waals surface area contributed by atoms with Gasteiger partial charge in [-0.3, -0.25) is 0 Å². The van der Waals surface area contributed by atoms with E-state index in [2.05, 4.69) is 37.5 Å². The molecule has 33 heavy (non-hydrogen) atoms. The largest absolute Gasteiger partial charge is 0.121 e. The molecule has 5 heterocycles. The van der Waals surface area contributed by atoms with Crippen LogP contribution in [0, 0.1) is 0 Å². The quantitative estimate of drug-likeness (QED) is 0.166. The lowest BCUT2D eigenvalue weighted by Gasteiger charge is -2.05. The Morgan fingerprint density at radius 1 is 0.303 bits per heavy atom. The van der Waals surface area contributed by atoms with Gasteiger partial charge in [0.2, 0.25) is 0 Å². The molecule has 6 aromatic rings. The molecule has 0 unspecified atom stereocenters. The predicted molar refractivity (Wildman–Crippen MR) is 174 cm³/mol. The average Bonchev–Trinajstić information content (AvgIpc) is 3.59. The summed E-state index contributed by atoms with van der Waals surface area (Å²) in [5.74, 6) is 0. The van der Waals surface area contributed by atoms with E-state index >= 15 is 0 Å². The number of rotatable bonds is 6. The van der Waals surface area contributed by atoms with Crippen LogP contribution >= 0.6 is 127 Å². The van der Waals surface area contributed by atoms with Crippen molar-refractivity contribution >= 4 is 178 Å². The fraction of sp³-hybridized carbons (Fsp3) is 0.273. The average molecular weight is 635 g/mol. The van der Waals surface area contributed by atoms with E-state index in [4.69, 9.17) is 0 Å². The minimum Gasteiger partial charge on any atom is -0.121 e. The smallest absolute Gasteiger partial charge is 0.0905 e. The first-order chi connectivity index (χ1) is 16.1. The molecule has 172 valence electrons. The Morgan fingerprint density at radius 2 is 0.545 bits per heavy atom. The molecular formula is C22H18S11. The van der Waals surface area contributed by atoms with Crippen LogP contribution in [-0.2, 0) is 0 Å². The number of hydrogen-bond donors (Lipinski definition) is 0. The Balaban J connectivity index is 2.12. The molecule has 6 rings (SSSR count). The van der Waals surface area contributed by atoms with Crippen molar-refractivity contribution in [1.82, 2.24) is 0 Å². The van der Waals surface area contributed by atoms with Crippen molar-refractivity contribution < 1.29 is 0 Å². The molecule has 0 nitrogen and oxygen atoms in total. The lowest BCUT2D eigenvalue weighted by atomic mass is 10.0. The molecule has 0 spiro atoms. The highest BCUT2D eigenvalue weighted by molar-refractivity contribution is 8.04. The molecule has 11 heteroatoms. The molecule has 0 bridgehead atoms. The van der Waals surface area contributed by atoms with Crippen LogP contribution in [0.15, 0.2) is 25.3 Å². The van der Waals surface area contributed by atoms with Gasteiger partial charge < -0.3 is 0 Å². The normalized spacial score (nSPS) is 12.7. The van der Waals surface area contributed by atoms with Crippen molar-refractivity contribution in [1.29, 1.82) is 0 Å².